The number of fused-ring (bicyclic) bond motifs is 1. The van der Waals surface area contributed by atoms with Crippen LogP contribution < -0.4 is 0 Å². The molecule has 0 spiro atoms. The van der Waals surface area contributed by atoms with E-state index < -0.39 is 0 Å². The van der Waals surface area contributed by atoms with Crippen molar-refractivity contribution in [3.8, 4) is 11.1 Å². The van der Waals surface area contributed by atoms with Crippen LogP contribution in [0, 0.1) is 48.5 Å². The van der Waals surface area contributed by atoms with Gasteiger partial charge >= 0.3 is 0 Å². The molecule has 2 aromatic carbocycles. The molecular weight excluding hydrogens is 288 g/mol. The van der Waals surface area contributed by atoms with E-state index in [1.165, 1.54) is 68.5 Å². The summed E-state index contributed by atoms with van der Waals surface area (Å²) in [6, 6.07) is 0. The molecule has 0 amide bonds. The van der Waals surface area contributed by atoms with Crippen LogP contribution in [0.3, 0.4) is 0 Å². The molecule has 0 unspecified atom stereocenters. The quantitative estimate of drug-likeness (QED) is 0.582. The van der Waals surface area contributed by atoms with Crippen molar-refractivity contribution < 1.29 is 0 Å². The van der Waals surface area contributed by atoms with E-state index in [1.807, 2.05) is 0 Å². The predicted octanol–water partition coefficient (Wildman–Crippen LogP) is 6.64. The zero-order chi connectivity index (χ0) is 17.8. The molecule has 0 heteroatoms. The minimum atomic E-state index is 1.23. The van der Waals surface area contributed by atoms with E-state index in [1.54, 1.807) is 11.1 Å². The molecule has 0 fully saturated rings. The highest BCUT2D eigenvalue weighted by Gasteiger charge is 2.27. The van der Waals surface area contributed by atoms with Crippen LogP contribution >= 0.6 is 0 Å². The Labute approximate surface area is 147 Å². The lowest BCUT2D eigenvalue weighted by Crippen LogP contribution is -2.16. The van der Waals surface area contributed by atoms with Crippen LogP contribution in [-0.2, 0) is 12.8 Å². The van der Waals surface area contributed by atoms with Gasteiger partial charge in [0.2, 0.25) is 0 Å². The van der Waals surface area contributed by atoms with Gasteiger partial charge in [-0.05, 0) is 135 Å². The second kappa shape index (κ2) is 5.92. The predicted molar refractivity (Wildman–Crippen MR) is 107 cm³/mol. The molecule has 0 radical (unpaired) electrons. The second-order valence-corrected chi connectivity index (χ2v) is 7.50. The van der Waals surface area contributed by atoms with E-state index >= 15 is 0 Å². The second-order valence-electron chi connectivity index (χ2n) is 7.50. The van der Waals surface area contributed by atoms with Crippen LogP contribution in [0.2, 0.25) is 0 Å². The summed E-state index contributed by atoms with van der Waals surface area (Å²) in [5.41, 5.74) is 17.9. The fourth-order valence-electron chi connectivity index (χ4n) is 4.48. The highest BCUT2D eigenvalue weighted by atomic mass is 14.3. The summed E-state index contributed by atoms with van der Waals surface area (Å²) >= 11 is 0. The van der Waals surface area contributed by atoms with Crippen LogP contribution in [-0.4, -0.2) is 0 Å². The molecule has 0 bridgehead atoms. The summed E-state index contributed by atoms with van der Waals surface area (Å²) in [5.74, 6) is 0. The highest BCUT2D eigenvalue weighted by molar-refractivity contribution is 5.85. The van der Waals surface area contributed by atoms with E-state index in [0.29, 0.717) is 0 Å². The van der Waals surface area contributed by atoms with Gasteiger partial charge in [-0.2, -0.15) is 0 Å². The lowest BCUT2D eigenvalue weighted by molar-refractivity contribution is 0.822. The molecule has 0 aromatic heterocycles. The molecule has 1 aliphatic carbocycles. The molecule has 2 aromatic rings. The summed E-state index contributed by atoms with van der Waals surface area (Å²) in [6.07, 6.45) is 6.93. The van der Waals surface area contributed by atoms with Crippen molar-refractivity contribution in [2.45, 2.75) is 68.2 Å². The van der Waals surface area contributed by atoms with Crippen molar-refractivity contribution in [3.05, 3.63) is 61.7 Å². The molecule has 0 saturated heterocycles. The average molecular weight is 319 g/mol. The maximum Gasteiger partial charge on any atom is -0.0111 e. The maximum absolute atomic E-state index is 2.32. The molecule has 0 nitrogen and oxygen atoms in total. The molecule has 1 aliphatic rings. The normalized spacial score (nSPS) is 13.3. The summed E-state index contributed by atoms with van der Waals surface area (Å²) < 4.78 is 0. The third kappa shape index (κ3) is 2.19. The molecular formula is C24H30. The SMILES string of the molecule is C/C=C\c1c(C)c(C)c(C)c(-c2c(C)c(C)c(C)c3c2CC3)c1C. The monoisotopic (exact) mass is 318 g/mol. The van der Waals surface area contributed by atoms with Gasteiger partial charge in [0.1, 0.15) is 0 Å². The van der Waals surface area contributed by atoms with Gasteiger partial charge in [-0.15, -0.1) is 0 Å². The summed E-state index contributed by atoms with van der Waals surface area (Å²) in [7, 11) is 0. The van der Waals surface area contributed by atoms with Gasteiger partial charge in [-0.25, -0.2) is 0 Å². The standard InChI is InChI=1S/C24H30/c1-9-10-20-15(4)13(2)17(6)23(19(20)8)24-18(7)14(3)16(5)21-11-12-22(21)24/h9-10H,11-12H2,1-8H3/b10-9-. The van der Waals surface area contributed by atoms with Crippen molar-refractivity contribution in [2.75, 3.05) is 0 Å². The molecule has 0 aliphatic heterocycles. The van der Waals surface area contributed by atoms with Gasteiger partial charge in [-0.3, -0.25) is 0 Å². The number of hydrogen-bond donors (Lipinski definition) is 0. The van der Waals surface area contributed by atoms with Crippen LogP contribution in [0.5, 0.6) is 0 Å². The van der Waals surface area contributed by atoms with Crippen molar-refractivity contribution in [1.29, 1.82) is 0 Å². The summed E-state index contributed by atoms with van der Waals surface area (Å²) in [5, 5.41) is 0. The Hall–Kier alpha value is -1.82. The lowest BCUT2D eigenvalue weighted by atomic mass is 9.73. The molecule has 0 N–H and O–H groups in total. The van der Waals surface area contributed by atoms with Gasteiger partial charge in [-0.1, -0.05) is 12.2 Å². The Morgan fingerprint density at radius 3 is 1.62 bits per heavy atom. The van der Waals surface area contributed by atoms with Crippen molar-refractivity contribution in [1.82, 2.24) is 0 Å². The number of allylic oxidation sites excluding steroid dienone is 1. The van der Waals surface area contributed by atoms with Crippen LogP contribution in [0.1, 0.15) is 62.6 Å². The van der Waals surface area contributed by atoms with E-state index in [0.717, 1.165) is 0 Å². The first-order chi connectivity index (χ1) is 11.3. The van der Waals surface area contributed by atoms with Crippen molar-refractivity contribution >= 4 is 6.08 Å². The molecule has 126 valence electrons. The first-order valence-corrected chi connectivity index (χ1v) is 9.16. The summed E-state index contributed by atoms with van der Waals surface area (Å²) in [4.78, 5) is 0. The zero-order valence-electron chi connectivity index (χ0n) is 16.6. The number of benzene rings is 2. The number of hydrogen-bond acceptors (Lipinski definition) is 0. The molecule has 24 heavy (non-hydrogen) atoms. The van der Waals surface area contributed by atoms with Crippen LogP contribution in [0.15, 0.2) is 6.08 Å². The smallest absolute Gasteiger partial charge is 0.0111 e. The largest absolute Gasteiger partial charge is 0.0870 e. The van der Waals surface area contributed by atoms with Crippen LogP contribution in [0.4, 0.5) is 0 Å². The minimum absolute atomic E-state index is 1.23. The Morgan fingerprint density at radius 1 is 0.542 bits per heavy atom. The lowest BCUT2D eigenvalue weighted by Gasteiger charge is -2.31. The highest BCUT2D eigenvalue weighted by Crippen LogP contribution is 2.44. The molecule has 0 atom stereocenters. The summed E-state index contributed by atoms with van der Waals surface area (Å²) in [6.45, 7) is 18.2. The van der Waals surface area contributed by atoms with E-state index in [2.05, 4.69) is 67.5 Å². The first-order valence-electron chi connectivity index (χ1n) is 9.16. The minimum Gasteiger partial charge on any atom is -0.0870 e. The number of rotatable bonds is 2. The van der Waals surface area contributed by atoms with Crippen LogP contribution in [0.25, 0.3) is 17.2 Å². The van der Waals surface area contributed by atoms with Gasteiger partial charge in [0.15, 0.2) is 0 Å². The fraction of sp³-hybridized carbons (Fsp3) is 0.417. The zero-order valence-corrected chi connectivity index (χ0v) is 16.6. The molecule has 0 saturated carbocycles. The van der Waals surface area contributed by atoms with E-state index in [-0.39, 0.29) is 0 Å². The van der Waals surface area contributed by atoms with Crippen molar-refractivity contribution in [2.24, 2.45) is 0 Å². The Kier molecular flexibility index (Phi) is 4.20. The van der Waals surface area contributed by atoms with Gasteiger partial charge < -0.3 is 0 Å². The third-order valence-electron chi connectivity index (χ3n) is 6.51. The van der Waals surface area contributed by atoms with Gasteiger partial charge in [0.25, 0.3) is 0 Å². The third-order valence-corrected chi connectivity index (χ3v) is 6.51. The van der Waals surface area contributed by atoms with E-state index in [4.69, 9.17) is 0 Å². The fourth-order valence-corrected chi connectivity index (χ4v) is 4.48. The van der Waals surface area contributed by atoms with Gasteiger partial charge in [0.05, 0.1) is 0 Å². The Bertz CT molecular complexity index is 859. The van der Waals surface area contributed by atoms with Gasteiger partial charge in [0, 0.05) is 0 Å². The Morgan fingerprint density at radius 2 is 1.08 bits per heavy atom. The topological polar surface area (TPSA) is 0 Å². The van der Waals surface area contributed by atoms with Crippen molar-refractivity contribution in [3.63, 3.8) is 0 Å². The first kappa shape index (κ1) is 17.0. The maximum atomic E-state index is 2.32. The molecule has 3 rings (SSSR count). The Balaban J connectivity index is 2.45. The average Bonchev–Trinajstić information content (AvgIpc) is 2.52. The van der Waals surface area contributed by atoms with E-state index in [9.17, 15) is 0 Å². The molecule has 0 heterocycles.